The normalized spacial score (nSPS) is 19.0. The van der Waals surface area contributed by atoms with Crippen LogP contribution in [-0.4, -0.2) is 52.3 Å². The molecule has 102 valence electrons. The third kappa shape index (κ3) is 5.61. The summed E-state index contributed by atoms with van der Waals surface area (Å²) in [7, 11) is -1.20. The molecule has 1 saturated heterocycles. The fraction of sp³-hybridized carbons (Fsp3) is 0.833. The van der Waals surface area contributed by atoms with Gasteiger partial charge in [-0.2, -0.15) is 5.26 Å². The highest BCUT2D eigenvalue weighted by molar-refractivity contribution is 7.85. The summed E-state index contributed by atoms with van der Waals surface area (Å²) in [5.41, 5.74) is 0. The number of nitriles is 1. The Labute approximate surface area is 111 Å². The summed E-state index contributed by atoms with van der Waals surface area (Å²) in [5, 5.41) is 8.50. The quantitative estimate of drug-likeness (QED) is 0.713. The number of rotatable bonds is 6. The second-order valence-corrected chi connectivity index (χ2v) is 5.95. The molecule has 0 spiro atoms. The second kappa shape index (κ2) is 8.22. The number of hydrogen-bond acceptors (Lipinski definition) is 4. The van der Waals surface area contributed by atoms with Crippen LogP contribution < -0.4 is 0 Å². The maximum atomic E-state index is 11.8. The number of piperidine rings is 1. The van der Waals surface area contributed by atoms with Crippen molar-refractivity contribution < 1.29 is 13.7 Å². The smallest absolute Gasteiger partial charge is 0.235 e. The monoisotopic (exact) mass is 272 g/mol. The highest BCUT2D eigenvalue weighted by atomic mass is 32.2. The van der Waals surface area contributed by atoms with Crippen molar-refractivity contribution >= 4 is 16.7 Å². The molecule has 6 heteroatoms. The van der Waals surface area contributed by atoms with E-state index in [-0.39, 0.29) is 18.3 Å². The van der Waals surface area contributed by atoms with Crippen LogP contribution in [-0.2, 0) is 20.3 Å². The summed E-state index contributed by atoms with van der Waals surface area (Å²) in [5.74, 6) is 0.358. The molecule has 1 rings (SSSR count). The molecule has 0 aromatic carbocycles. The molecule has 2 atom stereocenters. The predicted molar refractivity (Wildman–Crippen MR) is 69.3 cm³/mol. The van der Waals surface area contributed by atoms with E-state index < -0.39 is 16.9 Å². The van der Waals surface area contributed by atoms with E-state index in [1.54, 1.807) is 11.8 Å². The van der Waals surface area contributed by atoms with E-state index in [0.717, 1.165) is 25.9 Å². The molecule has 5 nitrogen and oxygen atoms in total. The summed E-state index contributed by atoms with van der Waals surface area (Å²) < 4.78 is 16.8. The zero-order valence-electron chi connectivity index (χ0n) is 10.8. The molecular formula is C12H20N2O3S. The minimum atomic E-state index is -1.20. The number of hydrogen-bond donors (Lipinski definition) is 0. The van der Waals surface area contributed by atoms with Gasteiger partial charge in [0.1, 0.15) is 11.9 Å². The van der Waals surface area contributed by atoms with E-state index in [0.29, 0.717) is 5.75 Å². The van der Waals surface area contributed by atoms with E-state index in [1.807, 2.05) is 6.07 Å². The van der Waals surface area contributed by atoms with Crippen LogP contribution in [0.1, 0.15) is 26.2 Å². The predicted octanol–water partition coefficient (Wildman–Crippen LogP) is 0.676. The summed E-state index contributed by atoms with van der Waals surface area (Å²) in [6.45, 7) is 3.48. The Morgan fingerprint density at radius 1 is 1.44 bits per heavy atom. The third-order valence-corrected chi connectivity index (χ3v) is 4.04. The van der Waals surface area contributed by atoms with Crippen molar-refractivity contribution in [1.29, 1.82) is 5.26 Å². The SMILES string of the molecule is CC(C#N)OCCS(=O)CC(=O)N1CCCCC1. The van der Waals surface area contributed by atoms with Gasteiger partial charge < -0.3 is 9.64 Å². The largest absolute Gasteiger partial charge is 0.363 e. The maximum Gasteiger partial charge on any atom is 0.235 e. The topological polar surface area (TPSA) is 70.4 Å². The molecule has 0 bridgehead atoms. The number of ether oxygens (including phenoxy) is 1. The Bertz CT molecular complexity index is 335. The van der Waals surface area contributed by atoms with Gasteiger partial charge in [0.2, 0.25) is 5.91 Å². The zero-order valence-corrected chi connectivity index (χ0v) is 11.6. The Kier molecular flexibility index (Phi) is 6.91. The molecule has 0 aromatic rings. The molecule has 18 heavy (non-hydrogen) atoms. The molecule has 1 fully saturated rings. The van der Waals surface area contributed by atoms with Crippen LogP contribution in [0, 0.1) is 11.3 Å². The van der Waals surface area contributed by atoms with Gasteiger partial charge in [-0.15, -0.1) is 0 Å². The van der Waals surface area contributed by atoms with E-state index >= 15 is 0 Å². The number of nitrogens with zero attached hydrogens (tertiary/aromatic N) is 2. The summed E-state index contributed by atoms with van der Waals surface area (Å²) in [6, 6.07) is 1.93. The molecular weight excluding hydrogens is 252 g/mol. The zero-order chi connectivity index (χ0) is 13.4. The van der Waals surface area contributed by atoms with Crippen LogP contribution in [0.2, 0.25) is 0 Å². The molecule has 1 aliphatic heterocycles. The second-order valence-electron chi connectivity index (χ2n) is 4.37. The number of amides is 1. The highest BCUT2D eigenvalue weighted by Gasteiger charge is 2.18. The summed E-state index contributed by atoms with van der Waals surface area (Å²) in [4.78, 5) is 13.6. The van der Waals surface area contributed by atoms with Crippen molar-refractivity contribution in [2.24, 2.45) is 0 Å². The summed E-state index contributed by atoms with van der Waals surface area (Å²) >= 11 is 0. The lowest BCUT2D eigenvalue weighted by atomic mass is 10.1. The van der Waals surface area contributed by atoms with E-state index in [2.05, 4.69) is 0 Å². The first-order chi connectivity index (χ1) is 8.63. The van der Waals surface area contributed by atoms with E-state index in [4.69, 9.17) is 10.00 Å². The highest BCUT2D eigenvalue weighted by Crippen LogP contribution is 2.09. The number of carbonyl (C=O) groups is 1. The molecule has 1 aliphatic rings. The fourth-order valence-corrected chi connectivity index (χ4v) is 2.68. The average molecular weight is 272 g/mol. The molecule has 0 aromatic heterocycles. The van der Waals surface area contributed by atoms with E-state index in [1.165, 1.54) is 6.42 Å². The minimum Gasteiger partial charge on any atom is -0.363 e. The van der Waals surface area contributed by atoms with Crippen molar-refractivity contribution in [3.8, 4) is 6.07 Å². The van der Waals surface area contributed by atoms with Crippen LogP contribution in [0.5, 0.6) is 0 Å². The van der Waals surface area contributed by atoms with Gasteiger partial charge in [-0.05, 0) is 26.2 Å². The first-order valence-corrected chi connectivity index (χ1v) is 7.76. The van der Waals surface area contributed by atoms with Crippen LogP contribution >= 0.6 is 0 Å². The molecule has 1 heterocycles. The van der Waals surface area contributed by atoms with Gasteiger partial charge in [-0.25, -0.2) is 0 Å². The average Bonchev–Trinajstić information content (AvgIpc) is 2.39. The van der Waals surface area contributed by atoms with Gasteiger partial charge in [0, 0.05) is 29.6 Å². The van der Waals surface area contributed by atoms with Gasteiger partial charge >= 0.3 is 0 Å². The number of carbonyl (C=O) groups excluding carboxylic acids is 1. The van der Waals surface area contributed by atoms with Crippen molar-refractivity contribution in [1.82, 2.24) is 4.90 Å². The van der Waals surface area contributed by atoms with Crippen molar-refractivity contribution in [2.75, 3.05) is 31.2 Å². The first-order valence-electron chi connectivity index (χ1n) is 6.27. The molecule has 0 saturated carbocycles. The van der Waals surface area contributed by atoms with Crippen molar-refractivity contribution in [3.05, 3.63) is 0 Å². The molecule has 2 unspecified atom stereocenters. The van der Waals surface area contributed by atoms with Crippen LogP contribution in [0.25, 0.3) is 0 Å². The standard InChI is InChI=1S/C12H20N2O3S/c1-11(9-13)17-7-8-18(16)10-12(15)14-5-3-2-4-6-14/h11H,2-8,10H2,1H3. The first kappa shape index (κ1) is 15.1. The Morgan fingerprint density at radius 2 is 2.11 bits per heavy atom. The molecule has 1 amide bonds. The van der Waals surface area contributed by atoms with Crippen LogP contribution in [0.4, 0.5) is 0 Å². The minimum absolute atomic E-state index is 0.0265. The molecule has 0 N–H and O–H groups in total. The lowest BCUT2D eigenvalue weighted by Crippen LogP contribution is -2.38. The Morgan fingerprint density at radius 3 is 2.72 bits per heavy atom. The van der Waals surface area contributed by atoms with Gasteiger partial charge in [-0.3, -0.25) is 9.00 Å². The lowest BCUT2D eigenvalue weighted by molar-refractivity contribution is -0.129. The van der Waals surface area contributed by atoms with Gasteiger partial charge in [-0.1, -0.05) is 0 Å². The molecule has 0 radical (unpaired) electrons. The van der Waals surface area contributed by atoms with Gasteiger partial charge in [0.25, 0.3) is 0 Å². The van der Waals surface area contributed by atoms with Gasteiger partial charge in [0.05, 0.1) is 12.7 Å². The number of likely N-dealkylation sites (tertiary alicyclic amines) is 1. The maximum absolute atomic E-state index is 11.8. The lowest BCUT2D eigenvalue weighted by Gasteiger charge is -2.26. The van der Waals surface area contributed by atoms with Crippen LogP contribution in [0.15, 0.2) is 0 Å². The Balaban J connectivity index is 2.19. The Hall–Kier alpha value is -0.930. The van der Waals surface area contributed by atoms with Crippen LogP contribution in [0.3, 0.4) is 0 Å². The van der Waals surface area contributed by atoms with Gasteiger partial charge in [0.15, 0.2) is 0 Å². The third-order valence-electron chi connectivity index (χ3n) is 2.85. The van der Waals surface area contributed by atoms with Crippen molar-refractivity contribution in [3.63, 3.8) is 0 Å². The van der Waals surface area contributed by atoms with E-state index in [9.17, 15) is 9.00 Å². The van der Waals surface area contributed by atoms with Crippen molar-refractivity contribution in [2.45, 2.75) is 32.3 Å². The fourth-order valence-electron chi connectivity index (χ4n) is 1.80. The molecule has 0 aliphatic carbocycles. The summed E-state index contributed by atoms with van der Waals surface area (Å²) in [6.07, 6.45) is 2.77.